The van der Waals surface area contributed by atoms with Gasteiger partial charge in [-0.15, -0.1) is 0 Å². The molecule has 0 radical (unpaired) electrons. The van der Waals surface area contributed by atoms with E-state index >= 15 is 0 Å². The predicted octanol–water partition coefficient (Wildman–Crippen LogP) is 3.40. The summed E-state index contributed by atoms with van der Waals surface area (Å²) in [5, 5.41) is 3.62. The Bertz CT molecular complexity index is 1070. The Morgan fingerprint density at radius 3 is 2.62 bits per heavy atom. The highest BCUT2D eigenvalue weighted by atomic mass is 35.5. The number of hydrogen-bond donors (Lipinski definition) is 1. The van der Waals surface area contributed by atoms with Gasteiger partial charge in [0.15, 0.2) is 5.16 Å². The highest BCUT2D eigenvalue weighted by Crippen LogP contribution is 2.25. The third-order valence-corrected chi connectivity index (χ3v) is 6.04. The first-order valence-electron chi connectivity index (χ1n) is 10.2. The molecule has 0 bridgehead atoms. The molecule has 0 atom stereocenters. The molecule has 1 aliphatic rings. The van der Waals surface area contributed by atoms with E-state index < -0.39 is 0 Å². The van der Waals surface area contributed by atoms with Crippen LogP contribution < -0.4 is 15.1 Å². The number of nitrogens with one attached hydrogen (secondary N) is 1. The summed E-state index contributed by atoms with van der Waals surface area (Å²) in [5.41, 5.74) is 1.54. The minimum Gasteiger partial charge on any atom is -0.366 e. The fourth-order valence-corrected chi connectivity index (χ4v) is 4.29. The van der Waals surface area contributed by atoms with Crippen molar-refractivity contribution in [3.63, 3.8) is 0 Å². The number of thioether (sulfide) groups is 1. The Morgan fingerprint density at radius 2 is 1.88 bits per heavy atom. The summed E-state index contributed by atoms with van der Waals surface area (Å²) in [6, 6.07) is 12.2. The quantitative estimate of drug-likeness (QED) is 0.321. The van der Waals surface area contributed by atoms with Crippen LogP contribution >= 0.6 is 23.4 Å². The molecule has 1 saturated heterocycles. The molecule has 0 aliphatic carbocycles. The Kier molecular flexibility index (Phi) is 7.39. The van der Waals surface area contributed by atoms with Crippen molar-refractivity contribution in [2.24, 2.45) is 0 Å². The van der Waals surface area contributed by atoms with Crippen molar-refractivity contribution in [3.05, 3.63) is 71.4 Å². The molecule has 0 saturated carbocycles. The lowest BCUT2D eigenvalue weighted by Gasteiger charge is -2.36. The van der Waals surface area contributed by atoms with E-state index in [0.717, 1.165) is 5.56 Å². The zero-order valence-corrected chi connectivity index (χ0v) is 18.8. The maximum Gasteiger partial charge on any atom is 0.230 e. The largest absolute Gasteiger partial charge is 0.366 e. The average molecular weight is 473 g/mol. The standard InChI is InChI=1S/C22H22ClFN6OS/c23-19-12-20(30-10-8-29(9-11-30)18-6-2-1-5-17(18)24)28-22(27-19)32-15-21(31)26-14-16-4-3-7-25-13-16/h1-7,12-13H,8-11,14-15H2,(H,26,31). The van der Waals surface area contributed by atoms with Gasteiger partial charge in [-0.3, -0.25) is 9.78 Å². The van der Waals surface area contributed by atoms with Crippen LogP contribution in [0.4, 0.5) is 15.9 Å². The first-order chi connectivity index (χ1) is 15.6. The maximum atomic E-state index is 14.1. The van der Waals surface area contributed by atoms with E-state index in [1.807, 2.05) is 23.1 Å². The van der Waals surface area contributed by atoms with Gasteiger partial charge in [-0.25, -0.2) is 14.4 Å². The zero-order valence-electron chi connectivity index (χ0n) is 17.2. The first-order valence-corrected chi connectivity index (χ1v) is 11.5. The lowest BCUT2D eigenvalue weighted by Crippen LogP contribution is -2.47. The number of anilines is 2. The van der Waals surface area contributed by atoms with Crippen LogP contribution in [0.1, 0.15) is 5.56 Å². The van der Waals surface area contributed by atoms with Crippen molar-refractivity contribution in [1.29, 1.82) is 0 Å². The van der Waals surface area contributed by atoms with E-state index in [0.29, 0.717) is 54.5 Å². The molecule has 0 unspecified atom stereocenters. The fraction of sp³-hybridized carbons (Fsp3) is 0.273. The number of piperazine rings is 1. The second kappa shape index (κ2) is 10.6. The minimum absolute atomic E-state index is 0.123. The molecule has 7 nitrogen and oxygen atoms in total. The minimum atomic E-state index is -0.216. The molecule has 1 aliphatic heterocycles. The number of rotatable bonds is 7. The molecule has 4 rings (SSSR count). The summed E-state index contributed by atoms with van der Waals surface area (Å²) < 4.78 is 14.1. The smallest absolute Gasteiger partial charge is 0.230 e. The highest BCUT2D eigenvalue weighted by molar-refractivity contribution is 7.99. The molecular weight excluding hydrogens is 451 g/mol. The molecule has 3 aromatic rings. The molecular formula is C22H22ClFN6OS. The van der Waals surface area contributed by atoms with Gasteiger partial charge in [0.25, 0.3) is 0 Å². The van der Waals surface area contributed by atoms with Crippen LogP contribution in [-0.2, 0) is 11.3 Å². The third kappa shape index (κ3) is 5.86. The lowest BCUT2D eigenvalue weighted by molar-refractivity contribution is -0.118. The monoisotopic (exact) mass is 472 g/mol. The van der Waals surface area contributed by atoms with Crippen molar-refractivity contribution in [1.82, 2.24) is 20.3 Å². The summed E-state index contributed by atoms with van der Waals surface area (Å²) in [6.45, 7) is 3.11. The van der Waals surface area contributed by atoms with Gasteiger partial charge in [0.2, 0.25) is 5.91 Å². The molecule has 1 aromatic carbocycles. The van der Waals surface area contributed by atoms with Crippen LogP contribution in [0.5, 0.6) is 0 Å². The molecule has 10 heteroatoms. The van der Waals surface area contributed by atoms with Crippen LogP contribution in [0.2, 0.25) is 5.15 Å². The van der Waals surface area contributed by atoms with E-state index in [4.69, 9.17) is 11.6 Å². The van der Waals surface area contributed by atoms with Crippen molar-refractivity contribution in [2.75, 3.05) is 41.7 Å². The number of aromatic nitrogens is 3. The first kappa shape index (κ1) is 22.3. The summed E-state index contributed by atoms with van der Waals surface area (Å²) >= 11 is 7.45. The Labute approximate surface area is 195 Å². The van der Waals surface area contributed by atoms with Gasteiger partial charge in [0.1, 0.15) is 16.8 Å². The Hall–Kier alpha value is -2.91. The van der Waals surface area contributed by atoms with E-state index in [1.54, 1.807) is 30.6 Å². The average Bonchev–Trinajstić information content (AvgIpc) is 2.82. The number of carbonyl (C=O) groups is 1. The number of nitrogens with zero attached hydrogens (tertiary/aromatic N) is 5. The van der Waals surface area contributed by atoms with Gasteiger partial charge < -0.3 is 15.1 Å². The van der Waals surface area contributed by atoms with Gasteiger partial charge >= 0.3 is 0 Å². The molecule has 166 valence electrons. The molecule has 0 spiro atoms. The zero-order chi connectivity index (χ0) is 22.3. The van der Waals surface area contributed by atoms with Gasteiger partial charge in [-0.1, -0.05) is 41.6 Å². The fourth-order valence-electron chi connectivity index (χ4n) is 3.38. The van der Waals surface area contributed by atoms with E-state index in [-0.39, 0.29) is 17.5 Å². The third-order valence-electron chi connectivity index (χ3n) is 5.00. The molecule has 3 heterocycles. The van der Waals surface area contributed by atoms with Crippen molar-refractivity contribution in [2.45, 2.75) is 11.7 Å². The van der Waals surface area contributed by atoms with Crippen LogP contribution in [0.15, 0.2) is 60.0 Å². The summed E-state index contributed by atoms with van der Waals surface area (Å²) in [5.74, 6) is 0.548. The van der Waals surface area contributed by atoms with Crippen LogP contribution in [-0.4, -0.2) is 52.8 Å². The predicted molar refractivity (Wildman–Crippen MR) is 125 cm³/mol. The van der Waals surface area contributed by atoms with Crippen molar-refractivity contribution >= 4 is 40.8 Å². The van der Waals surface area contributed by atoms with E-state index in [1.165, 1.54) is 17.8 Å². The van der Waals surface area contributed by atoms with Crippen LogP contribution in [0.3, 0.4) is 0 Å². The SMILES string of the molecule is O=C(CSc1nc(Cl)cc(N2CCN(c3ccccc3F)CC2)n1)NCc1cccnc1. The van der Waals surface area contributed by atoms with Gasteiger partial charge in [-0.2, -0.15) is 0 Å². The van der Waals surface area contributed by atoms with Gasteiger partial charge in [-0.05, 0) is 23.8 Å². The molecule has 1 amide bonds. The van der Waals surface area contributed by atoms with Gasteiger partial charge in [0, 0.05) is 51.2 Å². The lowest BCUT2D eigenvalue weighted by atomic mass is 10.2. The number of amides is 1. The normalized spacial score (nSPS) is 13.8. The Balaban J connectivity index is 1.32. The number of pyridine rings is 1. The summed E-state index contributed by atoms with van der Waals surface area (Å²) in [6.07, 6.45) is 3.40. The van der Waals surface area contributed by atoms with Crippen molar-refractivity contribution in [3.8, 4) is 0 Å². The number of para-hydroxylation sites is 1. The van der Waals surface area contributed by atoms with Crippen molar-refractivity contribution < 1.29 is 9.18 Å². The molecule has 1 N–H and O–H groups in total. The highest BCUT2D eigenvalue weighted by Gasteiger charge is 2.21. The topological polar surface area (TPSA) is 74.2 Å². The van der Waals surface area contributed by atoms with E-state index in [9.17, 15) is 9.18 Å². The van der Waals surface area contributed by atoms with E-state index in [2.05, 4.69) is 25.2 Å². The second-order valence-electron chi connectivity index (χ2n) is 7.18. The maximum absolute atomic E-state index is 14.1. The number of hydrogen-bond acceptors (Lipinski definition) is 7. The van der Waals surface area contributed by atoms with Crippen LogP contribution in [0.25, 0.3) is 0 Å². The summed E-state index contributed by atoms with van der Waals surface area (Å²) in [7, 11) is 0. The Morgan fingerprint density at radius 1 is 1.09 bits per heavy atom. The number of halogens is 2. The van der Waals surface area contributed by atoms with Crippen LogP contribution in [0, 0.1) is 5.82 Å². The molecule has 32 heavy (non-hydrogen) atoms. The van der Waals surface area contributed by atoms with Gasteiger partial charge in [0.05, 0.1) is 11.4 Å². The molecule has 2 aromatic heterocycles. The second-order valence-corrected chi connectivity index (χ2v) is 8.51. The number of benzene rings is 1. The molecule has 1 fully saturated rings. The number of carbonyl (C=O) groups excluding carboxylic acids is 1. The summed E-state index contributed by atoms with van der Waals surface area (Å²) in [4.78, 5) is 29.1.